The number of aryl methyl sites for hydroxylation is 1. The van der Waals surface area contributed by atoms with Crippen molar-refractivity contribution in [3.63, 3.8) is 0 Å². The number of nitrogens with two attached hydrogens (primary N) is 1. The third-order valence-electron chi connectivity index (χ3n) is 3.15. The van der Waals surface area contributed by atoms with Gasteiger partial charge in [-0.1, -0.05) is 30.3 Å². The molecule has 3 rings (SSSR count). The molecule has 0 fully saturated rings. The average molecular weight is 283 g/mol. The van der Waals surface area contributed by atoms with Crippen LogP contribution >= 0.6 is 0 Å². The number of aromatic nitrogens is 2. The molecule has 1 aromatic heterocycles. The molecule has 0 radical (unpaired) electrons. The first-order valence-corrected chi connectivity index (χ1v) is 6.55. The van der Waals surface area contributed by atoms with Crippen LogP contribution in [0.4, 0.5) is 4.39 Å². The minimum Gasteiger partial charge on any atom is -0.419 e. The summed E-state index contributed by atoms with van der Waals surface area (Å²) in [7, 11) is 0. The fourth-order valence-corrected chi connectivity index (χ4v) is 2.14. The SMILES string of the molecule is Cc1cc(F)cc(-c2nnc(C(N)c3ccccc3)o2)c1. The van der Waals surface area contributed by atoms with Gasteiger partial charge in [0.1, 0.15) is 11.9 Å². The maximum absolute atomic E-state index is 13.4. The van der Waals surface area contributed by atoms with Crippen molar-refractivity contribution in [2.45, 2.75) is 13.0 Å². The number of rotatable bonds is 3. The lowest BCUT2D eigenvalue weighted by atomic mass is 10.1. The van der Waals surface area contributed by atoms with Gasteiger partial charge in [-0.3, -0.25) is 0 Å². The van der Waals surface area contributed by atoms with Gasteiger partial charge in [-0.15, -0.1) is 10.2 Å². The second kappa shape index (κ2) is 5.46. The van der Waals surface area contributed by atoms with Gasteiger partial charge in [0.15, 0.2) is 0 Å². The highest BCUT2D eigenvalue weighted by atomic mass is 19.1. The van der Waals surface area contributed by atoms with Gasteiger partial charge in [0.05, 0.1) is 0 Å². The van der Waals surface area contributed by atoms with E-state index in [1.54, 1.807) is 13.0 Å². The van der Waals surface area contributed by atoms with Crippen LogP contribution < -0.4 is 5.73 Å². The Labute approximate surface area is 121 Å². The fraction of sp³-hybridized carbons (Fsp3) is 0.125. The zero-order valence-electron chi connectivity index (χ0n) is 11.5. The molecular formula is C16H14FN3O. The van der Waals surface area contributed by atoms with Crippen LogP contribution in [0.3, 0.4) is 0 Å². The molecule has 1 heterocycles. The van der Waals surface area contributed by atoms with E-state index in [0.717, 1.165) is 11.1 Å². The Balaban J connectivity index is 1.93. The van der Waals surface area contributed by atoms with Crippen molar-refractivity contribution in [1.29, 1.82) is 0 Å². The van der Waals surface area contributed by atoms with Crippen LogP contribution in [-0.2, 0) is 0 Å². The van der Waals surface area contributed by atoms with Crippen LogP contribution in [0.2, 0.25) is 0 Å². The van der Waals surface area contributed by atoms with Crippen molar-refractivity contribution in [1.82, 2.24) is 10.2 Å². The van der Waals surface area contributed by atoms with E-state index in [0.29, 0.717) is 11.5 Å². The molecule has 0 amide bonds. The molecule has 21 heavy (non-hydrogen) atoms. The maximum atomic E-state index is 13.4. The van der Waals surface area contributed by atoms with Crippen LogP contribution in [0, 0.1) is 12.7 Å². The molecule has 0 bridgehead atoms. The summed E-state index contributed by atoms with van der Waals surface area (Å²) < 4.78 is 19.0. The van der Waals surface area contributed by atoms with Gasteiger partial charge in [-0.25, -0.2) is 4.39 Å². The third kappa shape index (κ3) is 2.83. The molecule has 0 saturated heterocycles. The highest BCUT2D eigenvalue weighted by Crippen LogP contribution is 2.24. The molecule has 0 spiro atoms. The van der Waals surface area contributed by atoms with Crippen LogP contribution in [0.15, 0.2) is 52.9 Å². The molecular weight excluding hydrogens is 269 g/mol. The van der Waals surface area contributed by atoms with E-state index < -0.39 is 6.04 Å². The van der Waals surface area contributed by atoms with Crippen LogP contribution in [-0.4, -0.2) is 10.2 Å². The first-order chi connectivity index (χ1) is 10.1. The molecule has 4 nitrogen and oxygen atoms in total. The van der Waals surface area contributed by atoms with E-state index in [1.165, 1.54) is 12.1 Å². The zero-order valence-corrected chi connectivity index (χ0v) is 11.5. The fourth-order valence-electron chi connectivity index (χ4n) is 2.14. The summed E-state index contributed by atoms with van der Waals surface area (Å²) in [6, 6.07) is 13.6. The normalized spacial score (nSPS) is 12.3. The second-order valence-corrected chi connectivity index (χ2v) is 4.85. The quantitative estimate of drug-likeness (QED) is 0.801. The summed E-state index contributed by atoms with van der Waals surface area (Å²) in [5.74, 6) is 0.231. The standard InChI is InChI=1S/C16H14FN3O/c1-10-7-12(9-13(17)8-10)15-19-20-16(21-15)14(18)11-5-3-2-4-6-11/h2-9,14H,18H2,1H3. The van der Waals surface area contributed by atoms with Gasteiger partial charge in [-0.2, -0.15) is 0 Å². The van der Waals surface area contributed by atoms with E-state index in [2.05, 4.69) is 10.2 Å². The van der Waals surface area contributed by atoms with Crippen LogP contribution in [0.5, 0.6) is 0 Å². The highest BCUT2D eigenvalue weighted by Gasteiger charge is 2.17. The van der Waals surface area contributed by atoms with Crippen molar-refractivity contribution in [3.8, 4) is 11.5 Å². The molecule has 2 N–H and O–H groups in total. The van der Waals surface area contributed by atoms with Crippen molar-refractivity contribution in [3.05, 3.63) is 71.4 Å². The van der Waals surface area contributed by atoms with Crippen LogP contribution in [0.25, 0.3) is 11.5 Å². The number of benzene rings is 2. The Bertz CT molecular complexity index is 735. The Morgan fingerprint density at radius 2 is 1.86 bits per heavy atom. The summed E-state index contributed by atoms with van der Waals surface area (Å²) in [6.45, 7) is 1.81. The van der Waals surface area contributed by atoms with E-state index in [1.807, 2.05) is 30.3 Å². The maximum Gasteiger partial charge on any atom is 0.247 e. The molecule has 0 aliphatic carbocycles. The molecule has 0 aliphatic heterocycles. The van der Waals surface area contributed by atoms with E-state index in [9.17, 15) is 4.39 Å². The Morgan fingerprint density at radius 3 is 2.57 bits per heavy atom. The number of nitrogens with zero attached hydrogens (tertiary/aromatic N) is 2. The van der Waals surface area contributed by atoms with Gasteiger partial charge >= 0.3 is 0 Å². The average Bonchev–Trinajstić information content (AvgIpc) is 2.96. The first kappa shape index (κ1) is 13.5. The van der Waals surface area contributed by atoms with Crippen molar-refractivity contribution in [2.75, 3.05) is 0 Å². The summed E-state index contributed by atoms with van der Waals surface area (Å²) in [5.41, 5.74) is 8.31. The molecule has 0 saturated carbocycles. The molecule has 106 valence electrons. The summed E-state index contributed by atoms with van der Waals surface area (Å²) in [4.78, 5) is 0. The Hall–Kier alpha value is -2.53. The number of halogens is 1. The summed E-state index contributed by atoms with van der Waals surface area (Å²) >= 11 is 0. The molecule has 2 aromatic carbocycles. The minimum absolute atomic E-state index is 0.263. The first-order valence-electron chi connectivity index (χ1n) is 6.55. The van der Waals surface area contributed by atoms with E-state index in [-0.39, 0.29) is 11.7 Å². The molecule has 1 atom stereocenters. The molecule has 5 heteroatoms. The predicted octanol–water partition coefficient (Wildman–Crippen LogP) is 3.23. The third-order valence-corrected chi connectivity index (χ3v) is 3.15. The topological polar surface area (TPSA) is 64.9 Å². The molecule has 1 unspecified atom stereocenters. The van der Waals surface area contributed by atoms with Gasteiger partial charge in [-0.05, 0) is 36.2 Å². The number of hydrogen-bond donors (Lipinski definition) is 1. The smallest absolute Gasteiger partial charge is 0.247 e. The second-order valence-electron chi connectivity index (χ2n) is 4.85. The highest BCUT2D eigenvalue weighted by molar-refractivity contribution is 5.54. The zero-order chi connectivity index (χ0) is 14.8. The summed E-state index contributed by atoms with van der Waals surface area (Å²) in [5, 5.41) is 7.92. The van der Waals surface area contributed by atoms with Crippen molar-refractivity contribution < 1.29 is 8.81 Å². The Morgan fingerprint density at radius 1 is 1.10 bits per heavy atom. The Kier molecular flexibility index (Phi) is 3.50. The lowest BCUT2D eigenvalue weighted by Crippen LogP contribution is -2.11. The van der Waals surface area contributed by atoms with Gasteiger partial charge in [0, 0.05) is 5.56 Å². The van der Waals surface area contributed by atoms with Crippen molar-refractivity contribution in [2.24, 2.45) is 5.73 Å². The van der Waals surface area contributed by atoms with Gasteiger partial charge in [0.25, 0.3) is 0 Å². The molecule has 3 aromatic rings. The summed E-state index contributed by atoms with van der Waals surface area (Å²) in [6.07, 6.45) is 0. The van der Waals surface area contributed by atoms with E-state index in [4.69, 9.17) is 10.2 Å². The van der Waals surface area contributed by atoms with Crippen LogP contribution in [0.1, 0.15) is 23.1 Å². The lowest BCUT2D eigenvalue weighted by molar-refractivity contribution is 0.483. The van der Waals surface area contributed by atoms with Gasteiger partial charge in [0.2, 0.25) is 11.8 Å². The van der Waals surface area contributed by atoms with E-state index >= 15 is 0 Å². The van der Waals surface area contributed by atoms with Gasteiger partial charge < -0.3 is 10.2 Å². The minimum atomic E-state index is -0.498. The number of hydrogen-bond acceptors (Lipinski definition) is 4. The molecule has 0 aliphatic rings. The lowest BCUT2D eigenvalue weighted by Gasteiger charge is -2.06. The van der Waals surface area contributed by atoms with Crippen molar-refractivity contribution >= 4 is 0 Å². The largest absolute Gasteiger partial charge is 0.419 e. The monoisotopic (exact) mass is 283 g/mol. The predicted molar refractivity (Wildman–Crippen MR) is 76.9 cm³/mol.